The molecule has 0 spiro atoms. The number of pyridine rings is 1. The van der Waals surface area contributed by atoms with Gasteiger partial charge in [-0.15, -0.1) is 0 Å². The van der Waals surface area contributed by atoms with Crippen LogP contribution in [0.15, 0.2) is 34.9 Å². The molecule has 1 heterocycles. The van der Waals surface area contributed by atoms with E-state index in [0.717, 1.165) is 26.9 Å². The fourth-order valence-electron chi connectivity index (χ4n) is 1.87. The molecule has 0 aliphatic carbocycles. The van der Waals surface area contributed by atoms with Gasteiger partial charge in [-0.05, 0) is 41.8 Å². The number of hydrogen-bond donors (Lipinski definition) is 1. The maximum Gasteiger partial charge on any atom is 0.126 e. The van der Waals surface area contributed by atoms with Crippen molar-refractivity contribution in [1.29, 1.82) is 0 Å². The summed E-state index contributed by atoms with van der Waals surface area (Å²) >= 11 is 3.47. The lowest BCUT2D eigenvalue weighted by atomic mass is 10.0. The second-order valence-corrected chi connectivity index (χ2v) is 5.11. The quantitative estimate of drug-likeness (QED) is 0.946. The molecule has 18 heavy (non-hydrogen) atoms. The van der Waals surface area contributed by atoms with Gasteiger partial charge in [0.2, 0.25) is 0 Å². The van der Waals surface area contributed by atoms with Crippen molar-refractivity contribution in [3.8, 4) is 5.75 Å². The Labute approximate surface area is 115 Å². The Bertz CT molecular complexity index is 570. The zero-order valence-electron chi connectivity index (χ0n) is 10.4. The van der Waals surface area contributed by atoms with E-state index in [-0.39, 0.29) is 0 Å². The van der Waals surface area contributed by atoms with Crippen LogP contribution in [0, 0.1) is 6.92 Å². The lowest BCUT2D eigenvalue weighted by molar-refractivity contribution is 0.410. The van der Waals surface area contributed by atoms with Crippen LogP contribution in [-0.4, -0.2) is 12.1 Å². The molecule has 0 aliphatic heterocycles. The number of aromatic nitrogens is 1. The minimum absolute atomic E-state index is 0.572. The molecule has 1 aromatic heterocycles. The maximum absolute atomic E-state index is 5.90. The number of methoxy groups -OCH3 is 1. The highest BCUT2D eigenvalue weighted by atomic mass is 79.9. The third-order valence-electron chi connectivity index (χ3n) is 2.76. The Balaban J connectivity index is 2.38. The van der Waals surface area contributed by atoms with Crippen molar-refractivity contribution in [2.75, 3.05) is 12.8 Å². The Morgan fingerprint density at radius 3 is 2.78 bits per heavy atom. The molecule has 0 saturated carbocycles. The number of hydrogen-bond acceptors (Lipinski definition) is 3. The SMILES string of the molecule is COc1ccc(Br)cc1Cc1cc(C)cnc1N. The molecule has 1 aromatic carbocycles. The van der Waals surface area contributed by atoms with Crippen LogP contribution in [0.5, 0.6) is 5.75 Å². The first-order chi connectivity index (χ1) is 8.60. The molecule has 3 nitrogen and oxygen atoms in total. The molecule has 2 aromatic rings. The number of halogens is 1. The summed E-state index contributed by atoms with van der Waals surface area (Å²) in [6.45, 7) is 2.01. The topological polar surface area (TPSA) is 48.1 Å². The number of nitrogens with two attached hydrogens (primary N) is 1. The molecule has 0 atom stereocenters. The number of nitrogens with zero attached hydrogens (tertiary/aromatic N) is 1. The summed E-state index contributed by atoms with van der Waals surface area (Å²) in [6, 6.07) is 8.00. The number of rotatable bonds is 3. The van der Waals surface area contributed by atoms with Gasteiger partial charge in [0, 0.05) is 17.1 Å². The van der Waals surface area contributed by atoms with E-state index in [9.17, 15) is 0 Å². The minimum atomic E-state index is 0.572. The smallest absolute Gasteiger partial charge is 0.126 e. The third kappa shape index (κ3) is 2.82. The maximum atomic E-state index is 5.90. The Kier molecular flexibility index (Phi) is 3.87. The van der Waals surface area contributed by atoms with Gasteiger partial charge in [0.1, 0.15) is 11.6 Å². The van der Waals surface area contributed by atoms with E-state index in [2.05, 4.69) is 27.0 Å². The summed E-state index contributed by atoms with van der Waals surface area (Å²) in [5.74, 6) is 1.43. The van der Waals surface area contributed by atoms with Crippen LogP contribution in [-0.2, 0) is 6.42 Å². The van der Waals surface area contributed by atoms with E-state index < -0.39 is 0 Å². The first-order valence-corrected chi connectivity index (χ1v) is 6.43. The molecule has 0 bridgehead atoms. The zero-order chi connectivity index (χ0) is 13.1. The Morgan fingerprint density at radius 1 is 1.28 bits per heavy atom. The van der Waals surface area contributed by atoms with Gasteiger partial charge < -0.3 is 10.5 Å². The van der Waals surface area contributed by atoms with Gasteiger partial charge >= 0.3 is 0 Å². The molecular weight excluding hydrogens is 292 g/mol. The molecule has 0 unspecified atom stereocenters. The number of aryl methyl sites for hydroxylation is 1. The fraction of sp³-hybridized carbons (Fsp3) is 0.214. The number of benzene rings is 1. The molecule has 0 aliphatic rings. The predicted molar refractivity (Wildman–Crippen MR) is 76.9 cm³/mol. The summed E-state index contributed by atoms with van der Waals surface area (Å²) in [5, 5.41) is 0. The van der Waals surface area contributed by atoms with Gasteiger partial charge in [0.15, 0.2) is 0 Å². The van der Waals surface area contributed by atoms with E-state index in [0.29, 0.717) is 12.2 Å². The Hall–Kier alpha value is -1.55. The highest BCUT2D eigenvalue weighted by Crippen LogP contribution is 2.26. The van der Waals surface area contributed by atoms with Crippen molar-refractivity contribution in [1.82, 2.24) is 4.98 Å². The van der Waals surface area contributed by atoms with E-state index in [4.69, 9.17) is 10.5 Å². The lowest BCUT2D eigenvalue weighted by Crippen LogP contribution is -2.01. The molecule has 0 fully saturated rings. The molecule has 2 rings (SSSR count). The van der Waals surface area contributed by atoms with Crippen molar-refractivity contribution in [2.45, 2.75) is 13.3 Å². The molecule has 4 heteroatoms. The van der Waals surface area contributed by atoms with Crippen molar-refractivity contribution in [3.63, 3.8) is 0 Å². The molecule has 0 amide bonds. The van der Waals surface area contributed by atoms with Crippen molar-refractivity contribution in [2.24, 2.45) is 0 Å². The summed E-state index contributed by atoms with van der Waals surface area (Å²) in [4.78, 5) is 4.18. The average Bonchev–Trinajstić information content (AvgIpc) is 2.34. The predicted octanol–water partition coefficient (Wildman–Crippen LogP) is 3.33. The van der Waals surface area contributed by atoms with Gasteiger partial charge in [-0.25, -0.2) is 4.98 Å². The minimum Gasteiger partial charge on any atom is -0.496 e. The van der Waals surface area contributed by atoms with Crippen molar-refractivity contribution in [3.05, 3.63) is 51.6 Å². The van der Waals surface area contributed by atoms with Gasteiger partial charge in [-0.2, -0.15) is 0 Å². The Morgan fingerprint density at radius 2 is 2.06 bits per heavy atom. The molecule has 2 N–H and O–H groups in total. The van der Waals surface area contributed by atoms with Crippen LogP contribution < -0.4 is 10.5 Å². The van der Waals surface area contributed by atoms with Gasteiger partial charge in [-0.3, -0.25) is 0 Å². The molecule has 94 valence electrons. The van der Waals surface area contributed by atoms with Crippen LogP contribution in [0.25, 0.3) is 0 Å². The van der Waals surface area contributed by atoms with Gasteiger partial charge in [0.05, 0.1) is 7.11 Å². The van der Waals surface area contributed by atoms with Crippen LogP contribution >= 0.6 is 15.9 Å². The van der Waals surface area contributed by atoms with Crippen LogP contribution in [0.4, 0.5) is 5.82 Å². The number of nitrogen functional groups attached to an aromatic ring is 1. The van der Waals surface area contributed by atoms with E-state index in [1.54, 1.807) is 13.3 Å². The highest BCUT2D eigenvalue weighted by molar-refractivity contribution is 9.10. The van der Waals surface area contributed by atoms with E-state index in [1.807, 2.05) is 25.1 Å². The lowest BCUT2D eigenvalue weighted by Gasteiger charge is -2.10. The highest BCUT2D eigenvalue weighted by Gasteiger charge is 2.08. The van der Waals surface area contributed by atoms with Crippen LogP contribution in [0.3, 0.4) is 0 Å². The zero-order valence-corrected chi connectivity index (χ0v) is 12.0. The summed E-state index contributed by atoms with van der Waals surface area (Å²) in [5.41, 5.74) is 9.12. The van der Waals surface area contributed by atoms with Crippen LogP contribution in [0.1, 0.15) is 16.7 Å². The average molecular weight is 307 g/mol. The second kappa shape index (κ2) is 5.40. The normalized spacial score (nSPS) is 10.4. The summed E-state index contributed by atoms with van der Waals surface area (Å²) < 4.78 is 6.39. The monoisotopic (exact) mass is 306 g/mol. The third-order valence-corrected chi connectivity index (χ3v) is 3.25. The van der Waals surface area contributed by atoms with E-state index in [1.165, 1.54) is 0 Å². The first kappa shape index (κ1) is 12.9. The van der Waals surface area contributed by atoms with E-state index >= 15 is 0 Å². The fourth-order valence-corrected chi connectivity index (χ4v) is 2.28. The standard InChI is InChI=1S/C14H15BrN2O/c1-9-5-11(14(16)17-8-9)6-10-7-12(15)3-4-13(10)18-2/h3-5,7-8H,6H2,1-2H3,(H2,16,17). The summed E-state index contributed by atoms with van der Waals surface area (Å²) in [6.07, 6.45) is 2.49. The number of ether oxygens (including phenoxy) is 1. The van der Waals surface area contributed by atoms with Crippen molar-refractivity contribution >= 4 is 21.7 Å². The van der Waals surface area contributed by atoms with Crippen LogP contribution in [0.2, 0.25) is 0 Å². The molecular formula is C14H15BrN2O. The van der Waals surface area contributed by atoms with Gasteiger partial charge in [-0.1, -0.05) is 22.0 Å². The molecule has 0 radical (unpaired) electrons. The molecule has 0 saturated heterocycles. The van der Waals surface area contributed by atoms with Gasteiger partial charge in [0.25, 0.3) is 0 Å². The second-order valence-electron chi connectivity index (χ2n) is 4.19. The first-order valence-electron chi connectivity index (χ1n) is 5.63. The largest absolute Gasteiger partial charge is 0.496 e. The number of anilines is 1. The summed E-state index contributed by atoms with van der Waals surface area (Å²) in [7, 11) is 1.67. The van der Waals surface area contributed by atoms with Crippen molar-refractivity contribution < 1.29 is 4.74 Å².